The topological polar surface area (TPSA) is 0 Å². The molecular formula is C9H16S5. The molecule has 14 heavy (non-hydrogen) atoms. The van der Waals surface area contributed by atoms with E-state index in [4.69, 9.17) is 0 Å². The Hall–Kier alpha value is 1.75. The van der Waals surface area contributed by atoms with E-state index in [-0.39, 0.29) is 0 Å². The molecule has 0 aromatic rings. The predicted octanol–water partition coefficient (Wildman–Crippen LogP) is 3.68. The number of rotatable bonds is 6. The monoisotopic (exact) mass is 284 g/mol. The average Bonchev–Trinajstić information content (AvgIpc) is 1.98. The fourth-order valence-electron chi connectivity index (χ4n) is 1.18. The van der Waals surface area contributed by atoms with E-state index in [1.807, 2.05) is 0 Å². The van der Waals surface area contributed by atoms with Crippen molar-refractivity contribution in [3.8, 4) is 0 Å². The first kappa shape index (κ1) is 12.2. The summed E-state index contributed by atoms with van der Waals surface area (Å²) in [5, 5.41) is 0.604. The third-order valence-electron chi connectivity index (χ3n) is 2.26. The lowest BCUT2D eigenvalue weighted by atomic mass is 10.5. The van der Waals surface area contributed by atoms with E-state index in [1.165, 1.54) is 35.9 Å². The van der Waals surface area contributed by atoms with Crippen LogP contribution in [0.25, 0.3) is 0 Å². The largest absolute Gasteiger partial charge is 0.174 e. The highest BCUT2D eigenvalue weighted by atomic mass is 32.2. The van der Waals surface area contributed by atoms with Crippen molar-refractivity contribution in [3.63, 3.8) is 0 Å². The van der Waals surface area contributed by atoms with Crippen LogP contribution in [0.3, 0.4) is 0 Å². The molecule has 5 heteroatoms. The second kappa shape index (κ2) is 6.48. The highest BCUT2D eigenvalue weighted by molar-refractivity contribution is 8.19. The normalized spacial score (nSPS) is 33.2. The van der Waals surface area contributed by atoms with Crippen molar-refractivity contribution in [2.24, 2.45) is 0 Å². The maximum absolute atomic E-state index is 4.65. The summed E-state index contributed by atoms with van der Waals surface area (Å²) in [6, 6.07) is 0. The maximum atomic E-state index is 4.65. The standard InChI is InChI=1S/C9H16S5/c10-7(5-13-8-1-3-11-8)6-14-9-2-4-12-9/h7-10H,1-6H2. The highest BCUT2D eigenvalue weighted by Gasteiger charge is 2.22. The molecule has 82 valence electrons. The molecule has 0 aromatic heterocycles. The molecular weight excluding hydrogens is 268 g/mol. The number of thioether (sulfide) groups is 4. The summed E-state index contributed by atoms with van der Waals surface area (Å²) in [7, 11) is 0. The first-order valence-electron chi connectivity index (χ1n) is 4.99. The molecule has 0 bridgehead atoms. The van der Waals surface area contributed by atoms with Crippen LogP contribution in [0, 0.1) is 0 Å². The molecule has 0 aliphatic carbocycles. The van der Waals surface area contributed by atoms with Crippen LogP contribution in [0.4, 0.5) is 0 Å². The minimum atomic E-state index is 0.604. The van der Waals surface area contributed by atoms with E-state index in [2.05, 4.69) is 59.7 Å². The van der Waals surface area contributed by atoms with Crippen LogP contribution in [-0.4, -0.2) is 37.4 Å². The number of hydrogen-bond donors (Lipinski definition) is 1. The lowest BCUT2D eigenvalue weighted by molar-refractivity contribution is 0.996. The van der Waals surface area contributed by atoms with Gasteiger partial charge in [-0.25, -0.2) is 0 Å². The first-order chi connectivity index (χ1) is 6.84. The molecule has 2 aliphatic heterocycles. The van der Waals surface area contributed by atoms with Gasteiger partial charge in [-0.1, -0.05) is 0 Å². The zero-order valence-corrected chi connectivity index (χ0v) is 12.2. The highest BCUT2D eigenvalue weighted by Crippen LogP contribution is 2.39. The van der Waals surface area contributed by atoms with Gasteiger partial charge in [-0.2, -0.15) is 12.6 Å². The Kier molecular flexibility index (Phi) is 5.65. The van der Waals surface area contributed by atoms with Crippen molar-refractivity contribution >= 4 is 59.7 Å². The van der Waals surface area contributed by atoms with E-state index in [0.29, 0.717) is 5.25 Å². The maximum Gasteiger partial charge on any atom is 0.0510 e. The van der Waals surface area contributed by atoms with Crippen molar-refractivity contribution in [2.45, 2.75) is 27.3 Å². The van der Waals surface area contributed by atoms with E-state index in [1.54, 1.807) is 0 Å². The van der Waals surface area contributed by atoms with Crippen LogP contribution in [0.2, 0.25) is 0 Å². The summed E-state index contributed by atoms with van der Waals surface area (Å²) in [4.78, 5) is 0. The van der Waals surface area contributed by atoms with Gasteiger partial charge in [0.15, 0.2) is 0 Å². The Labute approximate surface area is 109 Å². The Bertz CT molecular complexity index is 149. The number of hydrogen-bond acceptors (Lipinski definition) is 5. The second-order valence-corrected chi connectivity index (χ2v) is 9.92. The minimum Gasteiger partial charge on any atom is -0.174 e. The summed E-state index contributed by atoms with van der Waals surface area (Å²) in [5.74, 6) is 5.24. The molecule has 0 amide bonds. The molecule has 0 radical (unpaired) electrons. The second-order valence-electron chi connectivity index (χ2n) is 3.50. The molecule has 0 nitrogen and oxygen atoms in total. The zero-order chi connectivity index (χ0) is 9.80. The Morgan fingerprint density at radius 2 is 1.50 bits per heavy atom. The SMILES string of the molecule is SC(CSC1CCS1)CSC1CCS1. The van der Waals surface area contributed by atoms with Gasteiger partial charge < -0.3 is 0 Å². The third-order valence-corrected chi connectivity index (χ3v) is 9.32. The fourth-order valence-corrected chi connectivity index (χ4v) is 6.54. The van der Waals surface area contributed by atoms with Crippen LogP contribution in [-0.2, 0) is 0 Å². The average molecular weight is 285 g/mol. The van der Waals surface area contributed by atoms with Gasteiger partial charge in [0.05, 0.1) is 9.16 Å². The lowest BCUT2D eigenvalue weighted by Crippen LogP contribution is -2.18. The summed E-state index contributed by atoms with van der Waals surface area (Å²) in [6.07, 6.45) is 2.84. The van der Waals surface area contributed by atoms with Crippen molar-refractivity contribution in [3.05, 3.63) is 0 Å². The quantitative estimate of drug-likeness (QED) is 0.739. The Balaban J connectivity index is 1.47. The van der Waals surface area contributed by atoms with Crippen LogP contribution >= 0.6 is 59.7 Å². The summed E-state index contributed by atoms with van der Waals surface area (Å²) in [6.45, 7) is 0. The number of thiol groups is 1. The first-order valence-corrected chi connectivity index (χ1v) is 9.70. The van der Waals surface area contributed by atoms with Gasteiger partial charge in [0.25, 0.3) is 0 Å². The van der Waals surface area contributed by atoms with Crippen molar-refractivity contribution < 1.29 is 0 Å². The smallest absolute Gasteiger partial charge is 0.0510 e. The van der Waals surface area contributed by atoms with E-state index < -0.39 is 0 Å². The van der Waals surface area contributed by atoms with Gasteiger partial charge in [-0.05, 0) is 24.3 Å². The van der Waals surface area contributed by atoms with Crippen LogP contribution in [0.1, 0.15) is 12.8 Å². The molecule has 2 aliphatic rings. The van der Waals surface area contributed by atoms with Gasteiger partial charge in [-0.3, -0.25) is 0 Å². The molecule has 2 heterocycles. The molecule has 2 rings (SSSR count). The van der Waals surface area contributed by atoms with Gasteiger partial charge in [0.1, 0.15) is 0 Å². The molecule has 2 saturated heterocycles. The van der Waals surface area contributed by atoms with Gasteiger partial charge in [0.2, 0.25) is 0 Å². The summed E-state index contributed by atoms with van der Waals surface area (Å²) in [5.41, 5.74) is 0. The van der Waals surface area contributed by atoms with E-state index in [9.17, 15) is 0 Å². The molecule has 2 atom stereocenters. The van der Waals surface area contributed by atoms with Gasteiger partial charge in [-0.15, -0.1) is 47.0 Å². The van der Waals surface area contributed by atoms with Crippen molar-refractivity contribution in [2.75, 3.05) is 23.0 Å². The molecule has 2 fully saturated rings. The third kappa shape index (κ3) is 3.96. The molecule has 0 N–H and O–H groups in total. The van der Waals surface area contributed by atoms with Crippen LogP contribution in [0.15, 0.2) is 0 Å². The Morgan fingerprint density at radius 1 is 1.07 bits per heavy atom. The van der Waals surface area contributed by atoms with Crippen molar-refractivity contribution in [1.82, 2.24) is 0 Å². The Morgan fingerprint density at radius 3 is 1.79 bits per heavy atom. The molecule has 2 unspecified atom stereocenters. The molecule has 0 spiro atoms. The lowest BCUT2D eigenvalue weighted by Gasteiger charge is -2.27. The van der Waals surface area contributed by atoms with Gasteiger partial charge in [0, 0.05) is 16.8 Å². The molecule has 0 saturated carbocycles. The molecule has 0 aromatic carbocycles. The zero-order valence-electron chi connectivity index (χ0n) is 8.05. The van der Waals surface area contributed by atoms with Crippen LogP contribution < -0.4 is 0 Å². The fraction of sp³-hybridized carbons (Fsp3) is 1.00. The van der Waals surface area contributed by atoms with Crippen molar-refractivity contribution in [1.29, 1.82) is 0 Å². The van der Waals surface area contributed by atoms with E-state index >= 15 is 0 Å². The minimum absolute atomic E-state index is 0.604. The van der Waals surface area contributed by atoms with Crippen LogP contribution in [0.5, 0.6) is 0 Å². The van der Waals surface area contributed by atoms with Gasteiger partial charge >= 0.3 is 0 Å². The summed E-state index contributed by atoms with van der Waals surface area (Å²) >= 11 is 13.1. The predicted molar refractivity (Wildman–Crippen MR) is 79.4 cm³/mol. The summed E-state index contributed by atoms with van der Waals surface area (Å²) < 4.78 is 1.79. The van der Waals surface area contributed by atoms with E-state index in [0.717, 1.165) is 9.16 Å².